The predicted molar refractivity (Wildman–Crippen MR) is 101 cm³/mol. The molecule has 26 heavy (non-hydrogen) atoms. The lowest BCUT2D eigenvalue weighted by molar-refractivity contribution is -0.0588. The summed E-state index contributed by atoms with van der Waals surface area (Å²) in [6.45, 7) is 8.92. The standard InChI is InChI=1S/C20H28N2O4/c1-5-25-19-8-6-7-17-16(19)11-18(22(17)9-10-24-4)20(23)21-12-14(2)26-15(3)13-21/h6-8,11,14-15H,5,9-10,12-13H2,1-4H3. The van der Waals surface area contributed by atoms with Crippen molar-refractivity contribution in [2.45, 2.75) is 39.5 Å². The zero-order valence-corrected chi connectivity index (χ0v) is 16.0. The van der Waals surface area contributed by atoms with Crippen LogP contribution < -0.4 is 4.74 Å². The number of methoxy groups -OCH3 is 1. The maximum Gasteiger partial charge on any atom is 0.270 e. The van der Waals surface area contributed by atoms with Gasteiger partial charge < -0.3 is 23.7 Å². The molecule has 2 heterocycles. The number of amides is 1. The summed E-state index contributed by atoms with van der Waals surface area (Å²) < 4.78 is 18.8. The monoisotopic (exact) mass is 360 g/mol. The molecule has 1 fully saturated rings. The Bertz CT molecular complexity index is 761. The summed E-state index contributed by atoms with van der Waals surface area (Å²) in [4.78, 5) is 15.2. The molecule has 142 valence electrons. The Morgan fingerprint density at radius 1 is 1.27 bits per heavy atom. The number of aromatic nitrogens is 1. The average molecular weight is 360 g/mol. The molecule has 2 aromatic rings. The van der Waals surface area contributed by atoms with E-state index in [0.29, 0.717) is 38.5 Å². The van der Waals surface area contributed by atoms with Crippen molar-refractivity contribution in [1.29, 1.82) is 0 Å². The molecular weight excluding hydrogens is 332 g/mol. The molecule has 1 aromatic heterocycles. The highest BCUT2D eigenvalue weighted by Crippen LogP contribution is 2.30. The highest BCUT2D eigenvalue weighted by atomic mass is 16.5. The molecule has 6 nitrogen and oxygen atoms in total. The largest absolute Gasteiger partial charge is 0.493 e. The minimum atomic E-state index is 0.0294. The van der Waals surface area contributed by atoms with Gasteiger partial charge in [-0.2, -0.15) is 0 Å². The first-order valence-electron chi connectivity index (χ1n) is 9.23. The van der Waals surface area contributed by atoms with Crippen molar-refractivity contribution in [2.75, 3.05) is 33.4 Å². The van der Waals surface area contributed by atoms with Crippen molar-refractivity contribution in [3.05, 3.63) is 30.0 Å². The maximum atomic E-state index is 13.3. The molecule has 0 bridgehead atoms. The molecule has 2 unspecified atom stereocenters. The van der Waals surface area contributed by atoms with Gasteiger partial charge >= 0.3 is 0 Å². The molecule has 1 saturated heterocycles. The zero-order valence-electron chi connectivity index (χ0n) is 16.0. The van der Waals surface area contributed by atoms with E-state index in [1.165, 1.54) is 0 Å². The van der Waals surface area contributed by atoms with Gasteiger partial charge in [0.15, 0.2) is 0 Å². The van der Waals surface area contributed by atoms with Gasteiger partial charge in [-0.25, -0.2) is 0 Å². The fraction of sp³-hybridized carbons (Fsp3) is 0.550. The van der Waals surface area contributed by atoms with Crippen LogP contribution in [0.25, 0.3) is 10.9 Å². The van der Waals surface area contributed by atoms with E-state index in [9.17, 15) is 4.79 Å². The predicted octanol–water partition coefficient (Wildman–Crippen LogP) is 2.94. The number of nitrogens with zero attached hydrogens (tertiary/aromatic N) is 2. The smallest absolute Gasteiger partial charge is 0.270 e. The van der Waals surface area contributed by atoms with Crippen LogP contribution in [0.3, 0.4) is 0 Å². The van der Waals surface area contributed by atoms with Crippen molar-refractivity contribution in [3.8, 4) is 5.75 Å². The molecule has 0 radical (unpaired) electrons. The molecule has 3 rings (SSSR count). The summed E-state index contributed by atoms with van der Waals surface area (Å²) in [5.74, 6) is 0.834. The highest BCUT2D eigenvalue weighted by molar-refractivity contribution is 6.00. The fourth-order valence-electron chi connectivity index (χ4n) is 3.65. The first kappa shape index (κ1) is 18.7. The van der Waals surface area contributed by atoms with Crippen LogP contribution >= 0.6 is 0 Å². The Labute approximate surface area is 154 Å². The van der Waals surface area contributed by atoms with Gasteiger partial charge in [0.25, 0.3) is 5.91 Å². The summed E-state index contributed by atoms with van der Waals surface area (Å²) in [6, 6.07) is 7.88. The van der Waals surface area contributed by atoms with Crippen molar-refractivity contribution in [3.63, 3.8) is 0 Å². The van der Waals surface area contributed by atoms with Crippen LogP contribution in [-0.4, -0.2) is 61.0 Å². The molecule has 0 N–H and O–H groups in total. The molecule has 6 heteroatoms. The maximum absolute atomic E-state index is 13.3. The van der Waals surface area contributed by atoms with Crippen LogP contribution in [0.15, 0.2) is 24.3 Å². The summed E-state index contributed by atoms with van der Waals surface area (Å²) in [5.41, 5.74) is 1.66. The quantitative estimate of drug-likeness (QED) is 0.795. The number of fused-ring (bicyclic) bond motifs is 1. The molecule has 0 saturated carbocycles. The van der Waals surface area contributed by atoms with Gasteiger partial charge in [-0.3, -0.25) is 4.79 Å². The molecule has 1 aliphatic heterocycles. The van der Waals surface area contributed by atoms with Crippen LogP contribution in [0.2, 0.25) is 0 Å². The molecule has 2 atom stereocenters. The third-order valence-corrected chi connectivity index (χ3v) is 4.65. The Kier molecular flexibility index (Phi) is 5.84. The molecule has 1 amide bonds. The minimum absolute atomic E-state index is 0.0294. The number of hydrogen-bond donors (Lipinski definition) is 0. The number of carbonyl (C=O) groups is 1. The lowest BCUT2D eigenvalue weighted by Crippen LogP contribution is -2.48. The Balaban J connectivity index is 2.02. The Morgan fingerprint density at radius 3 is 2.65 bits per heavy atom. The number of benzene rings is 1. The van der Waals surface area contributed by atoms with Gasteiger partial charge in [0.1, 0.15) is 11.4 Å². The number of morpholine rings is 1. The lowest BCUT2D eigenvalue weighted by atomic mass is 10.2. The summed E-state index contributed by atoms with van der Waals surface area (Å²) >= 11 is 0. The Hall–Kier alpha value is -2.05. The van der Waals surface area contributed by atoms with E-state index in [1.54, 1.807) is 7.11 Å². The topological polar surface area (TPSA) is 52.9 Å². The summed E-state index contributed by atoms with van der Waals surface area (Å²) in [6.07, 6.45) is 0.0805. The SMILES string of the molecule is CCOc1cccc2c1cc(C(=O)N1CC(C)OC(C)C1)n2CCOC. The molecule has 1 aromatic carbocycles. The van der Waals surface area contributed by atoms with Crippen LogP contribution in [0.5, 0.6) is 5.75 Å². The van der Waals surface area contributed by atoms with Crippen LogP contribution in [0.1, 0.15) is 31.3 Å². The number of ether oxygens (including phenoxy) is 3. The normalized spacial score (nSPS) is 20.5. The fourth-order valence-corrected chi connectivity index (χ4v) is 3.65. The van der Waals surface area contributed by atoms with Gasteiger partial charge in [0.05, 0.1) is 30.9 Å². The molecule has 1 aliphatic rings. The molecular formula is C20H28N2O4. The van der Waals surface area contributed by atoms with Crippen molar-refractivity contribution in [2.24, 2.45) is 0 Å². The van der Waals surface area contributed by atoms with Gasteiger partial charge in [-0.15, -0.1) is 0 Å². The van der Waals surface area contributed by atoms with E-state index < -0.39 is 0 Å². The van der Waals surface area contributed by atoms with E-state index in [1.807, 2.05) is 54.5 Å². The van der Waals surface area contributed by atoms with Gasteiger partial charge in [0.2, 0.25) is 0 Å². The second-order valence-corrected chi connectivity index (χ2v) is 6.76. The van der Waals surface area contributed by atoms with Gasteiger partial charge in [-0.1, -0.05) is 6.07 Å². The van der Waals surface area contributed by atoms with Crippen LogP contribution in [0.4, 0.5) is 0 Å². The second-order valence-electron chi connectivity index (χ2n) is 6.76. The first-order chi connectivity index (χ1) is 12.5. The Morgan fingerprint density at radius 2 is 2.00 bits per heavy atom. The van der Waals surface area contributed by atoms with Crippen molar-refractivity contribution in [1.82, 2.24) is 9.47 Å². The minimum Gasteiger partial charge on any atom is -0.493 e. The van der Waals surface area contributed by atoms with Crippen LogP contribution in [0, 0.1) is 0 Å². The van der Waals surface area contributed by atoms with Crippen molar-refractivity contribution < 1.29 is 19.0 Å². The van der Waals surface area contributed by atoms with E-state index in [4.69, 9.17) is 14.2 Å². The van der Waals surface area contributed by atoms with Gasteiger partial charge in [0, 0.05) is 32.1 Å². The third-order valence-electron chi connectivity index (χ3n) is 4.65. The first-order valence-corrected chi connectivity index (χ1v) is 9.23. The molecule has 0 spiro atoms. The number of hydrogen-bond acceptors (Lipinski definition) is 4. The van der Waals surface area contributed by atoms with Gasteiger partial charge in [-0.05, 0) is 39.0 Å². The van der Waals surface area contributed by atoms with Crippen LogP contribution in [-0.2, 0) is 16.0 Å². The average Bonchev–Trinajstić information content (AvgIpc) is 2.98. The second kappa shape index (κ2) is 8.10. The van der Waals surface area contributed by atoms with E-state index in [2.05, 4.69) is 0 Å². The van der Waals surface area contributed by atoms with Crippen molar-refractivity contribution >= 4 is 16.8 Å². The molecule has 0 aliphatic carbocycles. The highest BCUT2D eigenvalue weighted by Gasteiger charge is 2.29. The van der Waals surface area contributed by atoms with E-state index in [0.717, 1.165) is 16.7 Å². The lowest BCUT2D eigenvalue weighted by Gasteiger charge is -2.35. The third kappa shape index (κ3) is 3.71. The van der Waals surface area contributed by atoms with E-state index in [-0.39, 0.29) is 18.1 Å². The van der Waals surface area contributed by atoms with E-state index >= 15 is 0 Å². The summed E-state index contributed by atoms with van der Waals surface area (Å²) in [5, 5.41) is 0.961. The summed E-state index contributed by atoms with van der Waals surface area (Å²) in [7, 11) is 1.67. The number of rotatable bonds is 6. The number of carbonyl (C=O) groups excluding carboxylic acids is 1. The zero-order chi connectivity index (χ0) is 18.7.